The summed E-state index contributed by atoms with van der Waals surface area (Å²) in [5.41, 5.74) is 8.74. The Hall–Kier alpha value is -1.85. The third-order valence-electron chi connectivity index (χ3n) is 1.01. The van der Waals surface area contributed by atoms with Crippen molar-refractivity contribution in [2.45, 2.75) is 0 Å². The number of anilines is 2. The Balaban J connectivity index is 0.000000336. The molecule has 0 aliphatic heterocycles. The Morgan fingerprint density at radius 3 is 1.80 bits per heavy atom. The van der Waals surface area contributed by atoms with Gasteiger partial charge in [-0.05, 0) is 0 Å². The van der Waals surface area contributed by atoms with Crippen LogP contribution in [-0.4, -0.2) is 27.5 Å². The minimum absolute atomic E-state index is 0.103. The molecule has 11 heteroatoms. The molecule has 0 aliphatic rings. The molecule has 0 aliphatic carbocycles. The van der Waals surface area contributed by atoms with Gasteiger partial charge >= 0.3 is 16.1 Å². The molecular weight excluding hydrogens is 232 g/mol. The fourth-order valence-electron chi connectivity index (χ4n) is 0.514. The molecule has 15 heavy (non-hydrogen) atoms. The van der Waals surface area contributed by atoms with E-state index in [1.54, 1.807) is 0 Å². The molecule has 0 aromatic carbocycles. The molecule has 0 amide bonds. The maximum Gasteiger partial charge on any atom is 0.394 e. The normalized spacial score (nSPS) is 10.3. The highest BCUT2D eigenvalue weighted by Crippen LogP contribution is 1.96. The molecule has 0 spiro atoms. The Labute approximate surface area is 82.5 Å². The largest absolute Gasteiger partial charge is 0.394 e. The molecule has 1 rings (SSSR count). The first-order chi connectivity index (χ1) is 6.61. The Morgan fingerprint density at radius 2 is 1.47 bits per heavy atom. The van der Waals surface area contributed by atoms with Crippen LogP contribution in [0.4, 0.5) is 11.5 Å². The molecule has 0 saturated heterocycles. The van der Waals surface area contributed by atoms with Gasteiger partial charge in [-0.25, -0.2) is 4.79 Å². The van der Waals surface area contributed by atoms with Gasteiger partial charge in [-0.3, -0.25) is 23.9 Å². The Kier molecular flexibility index (Phi) is 4.02. The van der Waals surface area contributed by atoms with Crippen LogP contribution in [0.2, 0.25) is 0 Å². The summed E-state index contributed by atoms with van der Waals surface area (Å²) >= 11 is 0. The van der Waals surface area contributed by atoms with Gasteiger partial charge in [-0.2, -0.15) is 8.42 Å². The first-order valence-electron chi connectivity index (χ1n) is 3.18. The average molecular weight is 240 g/mol. The molecule has 0 fully saturated rings. The van der Waals surface area contributed by atoms with E-state index in [1.807, 2.05) is 4.98 Å². The number of aromatic amines is 2. The zero-order valence-corrected chi connectivity index (χ0v) is 7.91. The highest BCUT2D eigenvalue weighted by Gasteiger charge is 1.98. The SMILES string of the molecule is Nc1[nH]c(=O)[nH]c(=O)c1N.O=S(=O)(O)O. The molecule has 1 aromatic rings. The maximum absolute atomic E-state index is 10.6. The van der Waals surface area contributed by atoms with Crippen molar-refractivity contribution in [1.29, 1.82) is 0 Å². The van der Waals surface area contributed by atoms with Crippen molar-refractivity contribution in [3.8, 4) is 0 Å². The van der Waals surface area contributed by atoms with Crippen LogP contribution in [0.5, 0.6) is 0 Å². The van der Waals surface area contributed by atoms with Crippen LogP contribution in [-0.2, 0) is 10.4 Å². The van der Waals surface area contributed by atoms with E-state index in [1.165, 1.54) is 0 Å². The Bertz CT molecular complexity index is 533. The lowest BCUT2D eigenvalue weighted by molar-refractivity contribution is 0.381. The number of aromatic nitrogens is 2. The predicted octanol–water partition coefficient (Wildman–Crippen LogP) is -2.43. The molecule has 0 atom stereocenters. The highest BCUT2D eigenvalue weighted by molar-refractivity contribution is 7.79. The van der Waals surface area contributed by atoms with Crippen molar-refractivity contribution in [2.24, 2.45) is 0 Å². The van der Waals surface area contributed by atoms with E-state index in [2.05, 4.69) is 4.98 Å². The molecule has 10 nitrogen and oxygen atoms in total. The lowest BCUT2D eigenvalue weighted by Crippen LogP contribution is -2.26. The molecule has 86 valence electrons. The van der Waals surface area contributed by atoms with E-state index in [4.69, 9.17) is 29.0 Å². The topological polar surface area (TPSA) is 192 Å². The van der Waals surface area contributed by atoms with E-state index in [0.717, 1.165) is 0 Å². The van der Waals surface area contributed by atoms with Crippen molar-refractivity contribution in [3.05, 3.63) is 20.8 Å². The Morgan fingerprint density at radius 1 is 1.07 bits per heavy atom. The van der Waals surface area contributed by atoms with E-state index in [0.29, 0.717) is 0 Å². The minimum atomic E-state index is -4.67. The number of hydrogen-bond donors (Lipinski definition) is 6. The molecule has 0 unspecified atom stereocenters. The maximum atomic E-state index is 10.6. The van der Waals surface area contributed by atoms with Crippen LogP contribution in [0.3, 0.4) is 0 Å². The predicted molar refractivity (Wildman–Crippen MR) is 50.7 cm³/mol. The lowest BCUT2D eigenvalue weighted by Gasteiger charge is -1.93. The molecule has 0 radical (unpaired) electrons. The molecule has 0 bridgehead atoms. The summed E-state index contributed by atoms with van der Waals surface area (Å²) in [6.07, 6.45) is 0. The van der Waals surface area contributed by atoms with Gasteiger partial charge in [0.05, 0.1) is 0 Å². The van der Waals surface area contributed by atoms with Crippen LogP contribution >= 0.6 is 0 Å². The highest BCUT2D eigenvalue weighted by atomic mass is 32.3. The summed E-state index contributed by atoms with van der Waals surface area (Å²) < 4.78 is 31.6. The summed E-state index contributed by atoms with van der Waals surface area (Å²) in [6, 6.07) is 0. The molecule has 1 aromatic heterocycles. The molecular formula is C4H8N4O6S. The lowest BCUT2D eigenvalue weighted by atomic mass is 10.5. The van der Waals surface area contributed by atoms with E-state index in [-0.39, 0.29) is 11.5 Å². The number of H-pyrrole nitrogens is 2. The van der Waals surface area contributed by atoms with Gasteiger partial charge in [0.2, 0.25) is 0 Å². The fourth-order valence-corrected chi connectivity index (χ4v) is 0.514. The van der Waals surface area contributed by atoms with Crippen LogP contribution in [0.1, 0.15) is 0 Å². The van der Waals surface area contributed by atoms with Crippen LogP contribution in [0.15, 0.2) is 9.59 Å². The number of rotatable bonds is 0. The minimum Gasteiger partial charge on any atom is -0.391 e. The number of nitrogens with two attached hydrogens (primary N) is 2. The van der Waals surface area contributed by atoms with Gasteiger partial charge < -0.3 is 11.5 Å². The summed E-state index contributed by atoms with van der Waals surface area (Å²) in [5, 5.41) is 0. The van der Waals surface area contributed by atoms with Crippen LogP contribution < -0.4 is 22.7 Å². The van der Waals surface area contributed by atoms with E-state index >= 15 is 0 Å². The smallest absolute Gasteiger partial charge is 0.391 e. The summed E-state index contributed by atoms with van der Waals surface area (Å²) in [7, 11) is -4.67. The van der Waals surface area contributed by atoms with Crippen molar-refractivity contribution in [3.63, 3.8) is 0 Å². The third kappa shape index (κ3) is 6.25. The van der Waals surface area contributed by atoms with Gasteiger partial charge in [0.25, 0.3) is 5.56 Å². The standard InChI is InChI=1S/C4H6N4O2.H2O4S/c5-1-2(6)7-4(10)8-3(1)9;1-5(2,3)4/h5H2,(H4,6,7,8,9,10);(H2,1,2,3,4). The first kappa shape index (κ1) is 13.2. The third-order valence-corrected chi connectivity index (χ3v) is 1.01. The second-order valence-corrected chi connectivity index (χ2v) is 3.08. The van der Waals surface area contributed by atoms with Crippen molar-refractivity contribution < 1.29 is 17.5 Å². The zero-order valence-electron chi connectivity index (χ0n) is 7.09. The van der Waals surface area contributed by atoms with Gasteiger partial charge in [0.1, 0.15) is 11.5 Å². The van der Waals surface area contributed by atoms with Crippen molar-refractivity contribution in [2.75, 3.05) is 11.5 Å². The van der Waals surface area contributed by atoms with Crippen LogP contribution in [0, 0.1) is 0 Å². The molecule has 0 saturated carbocycles. The van der Waals surface area contributed by atoms with Crippen molar-refractivity contribution in [1.82, 2.24) is 9.97 Å². The van der Waals surface area contributed by atoms with Gasteiger partial charge in [0.15, 0.2) is 0 Å². The molecule has 1 heterocycles. The second kappa shape index (κ2) is 4.59. The first-order valence-corrected chi connectivity index (χ1v) is 4.58. The summed E-state index contributed by atoms with van der Waals surface area (Å²) in [5.74, 6) is -0.103. The van der Waals surface area contributed by atoms with Crippen LogP contribution in [0.25, 0.3) is 0 Å². The van der Waals surface area contributed by atoms with Gasteiger partial charge in [-0.1, -0.05) is 0 Å². The van der Waals surface area contributed by atoms with E-state index < -0.39 is 21.6 Å². The van der Waals surface area contributed by atoms with Gasteiger partial charge in [-0.15, -0.1) is 0 Å². The average Bonchev–Trinajstić information content (AvgIpc) is 1.96. The second-order valence-electron chi connectivity index (χ2n) is 2.18. The van der Waals surface area contributed by atoms with Gasteiger partial charge in [0, 0.05) is 0 Å². The monoisotopic (exact) mass is 240 g/mol. The quantitative estimate of drug-likeness (QED) is 0.269. The zero-order chi connectivity index (χ0) is 12.2. The number of nitrogen functional groups attached to an aromatic ring is 2. The number of hydrogen-bond acceptors (Lipinski definition) is 6. The summed E-state index contributed by atoms with van der Waals surface area (Å²) in [6.45, 7) is 0. The molecule has 8 N–H and O–H groups in total. The van der Waals surface area contributed by atoms with E-state index in [9.17, 15) is 9.59 Å². The van der Waals surface area contributed by atoms with Crippen molar-refractivity contribution >= 4 is 21.9 Å². The number of nitrogens with one attached hydrogen (secondary N) is 2. The fraction of sp³-hybridized carbons (Fsp3) is 0. The summed E-state index contributed by atoms with van der Waals surface area (Å²) in [4.78, 5) is 25.0.